The summed E-state index contributed by atoms with van der Waals surface area (Å²) in [6.45, 7) is 11.3. The van der Waals surface area contributed by atoms with Crippen LogP contribution in [-0.2, 0) is 32.7 Å². The molecule has 0 fully saturated rings. The molecule has 8 heteroatoms. The van der Waals surface area contributed by atoms with Gasteiger partial charge in [-0.2, -0.15) is 0 Å². The van der Waals surface area contributed by atoms with Gasteiger partial charge in [0.1, 0.15) is 13.2 Å². The Balaban J connectivity index is 4.01. The van der Waals surface area contributed by atoms with E-state index in [0.717, 1.165) is 0 Å². The lowest BCUT2D eigenvalue weighted by atomic mass is 10.4. The second kappa shape index (κ2) is 10.3. The molecule has 0 aromatic rings. The minimum Gasteiger partial charge on any atom is -0.460 e. The number of rotatable bonds is 11. The van der Waals surface area contributed by atoms with Gasteiger partial charge in [0.05, 0.1) is 13.2 Å². The van der Waals surface area contributed by atoms with Crippen molar-refractivity contribution in [3.05, 3.63) is 24.3 Å². The third-order valence-corrected chi connectivity index (χ3v) is 4.22. The molecule has 0 aromatic heterocycles. The predicted molar refractivity (Wildman–Crippen MR) is 81.6 cm³/mol. The van der Waals surface area contributed by atoms with E-state index in [2.05, 4.69) is 13.2 Å². The average Bonchev–Trinajstić information content (AvgIpc) is 2.47. The Morgan fingerprint density at radius 2 is 1.23 bits per heavy atom. The minimum absolute atomic E-state index is 0.0519. The number of carbonyl (C=O) groups excluding carboxylic acids is 2. The predicted octanol–water partition coefficient (Wildman–Crippen LogP) is 2.47. The van der Waals surface area contributed by atoms with Crippen molar-refractivity contribution in [2.45, 2.75) is 20.8 Å². The van der Waals surface area contributed by atoms with Crippen LogP contribution in [0.2, 0.25) is 0 Å². The lowest BCUT2D eigenvalue weighted by Crippen LogP contribution is -2.13. The highest BCUT2D eigenvalue weighted by atomic mass is 31.2. The van der Waals surface area contributed by atoms with Crippen molar-refractivity contribution < 1.29 is 32.7 Å². The summed E-state index contributed by atoms with van der Waals surface area (Å²) in [4.78, 5) is 22.3. The first-order valence-corrected chi connectivity index (χ1v) is 8.48. The first-order chi connectivity index (χ1) is 10.2. The summed E-state index contributed by atoms with van der Waals surface area (Å²) in [7, 11) is -3.30. The lowest BCUT2D eigenvalue weighted by molar-refractivity contribution is -0.140. The van der Waals surface area contributed by atoms with Crippen LogP contribution in [0.4, 0.5) is 0 Å². The highest BCUT2D eigenvalue weighted by Gasteiger charge is 2.22. The van der Waals surface area contributed by atoms with E-state index in [9.17, 15) is 14.2 Å². The monoisotopic (exact) mass is 334 g/mol. The van der Waals surface area contributed by atoms with Gasteiger partial charge in [-0.1, -0.05) is 20.1 Å². The molecule has 0 saturated heterocycles. The van der Waals surface area contributed by atoms with Crippen LogP contribution in [0, 0.1) is 0 Å². The standard InChI is InChI=1S/C14H23O7P/c1-6-22(17,20-9-7-18-13(15)11(2)3)21-10-8-19-14(16)12(4)5/h2,4,6-10H2,1,3,5H3. The quantitative estimate of drug-likeness (QED) is 0.248. The maximum atomic E-state index is 12.2. The van der Waals surface area contributed by atoms with Gasteiger partial charge in [0.2, 0.25) is 0 Å². The summed E-state index contributed by atoms with van der Waals surface area (Å²) in [6, 6.07) is 0. The second-order valence-electron chi connectivity index (χ2n) is 4.43. The average molecular weight is 334 g/mol. The van der Waals surface area contributed by atoms with Crippen molar-refractivity contribution in [1.29, 1.82) is 0 Å². The van der Waals surface area contributed by atoms with E-state index in [1.807, 2.05) is 0 Å². The molecule has 126 valence electrons. The number of ether oxygens (including phenoxy) is 2. The van der Waals surface area contributed by atoms with Gasteiger partial charge in [-0.3, -0.25) is 4.57 Å². The Labute approximate surface area is 130 Å². The van der Waals surface area contributed by atoms with Crippen LogP contribution in [0.25, 0.3) is 0 Å². The van der Waals surface area contributed by atoms with Gasteiger partial charge < -0.3 is 18.5 Å². The Bertz CT molecular complexity index is 432. The van der Waals surface area contributed by atoms with Crippen molar-refractivity contribution in [3.63, 3.8) is 0 Å². The smallest absolute Gasteiger partial charge is 0.333 e. The Hall–Kier alpha value is -1.43. The molecule has 22 heavy (non-hydrogen) atoms. The summed E-state index contributed by atoms with van der Waals surface area (Å²) < 4.78 is 32.1. The van der Waals surface area contributed by atoms with Crippen molar-refractivity contribution >= 4 is 19.5 Å². The van der Waals surface area contributed by atoms with Crippen molar-refractivity contribution in [2.75, 3.05) is 32.6 Å². The molecule has 0 unspecified atom stereocenters. The molecule has 0 aliphatic rings. The van der Waals surface area contributed by atoms with Gasteiger partial charge in [-0.05, 0) is 13.8 Å². The lowest BCUT2D eigenvalue weighted by Gasteiger charge is -2.17. The zero-order valence-corrected chi connectivity index (χ0v) is 14.1. The Morgan fingerprint density at radius 3 is 1.50 bits per heavy atom. The fraction of sp³-hybridized carbons (Fsp3) is 0.571. The van der Waals surface area contributed by atoms with Gasteiger partial charge in [0.15, 0.2) is 0 Å². The van der Waals surface area contributed by atoms with Crippen molar-refractivity contribution in [1.82, 2.24) is 0 Å². The fourth-order valence-corrected chi connectivity index (χ4v) is 2.23. The number of hydrogen-bond acceptors (Lipinski definition) is 7. The van der Waals surface area contributed by atoms with E-state index < -0.39 is 19.5 Å². The molecule has 0 bridgehead atoms. The summed E-state index contributed by atoms with van der Waals surface area (Å²) in [5.74, 6) is -1.08. The van der Waals surface area contributed by atoms with Gasteiger partial charge in [0.25, 0.3) is 0 Å². The van der Waals surface area contributed by atoms with E-state index in [1.54, 1.807) is 6.92 Å². The number of hydrogen-bond donors (Lipinski definition) is 0. The van der Waals surface area contributed by atoms with E-state index in [4.69, 9.17) is 18.5 Å². The van der Waals surface area contributed by atoms with Crippen molar-refractivity contribution in [2.24, 2.45) is 0 Å². The molecule has 0 atom stereocenters. The van der Waals surface area contributed by atoms with Gasteiger partial charge in [-0.25, -0.2) is 9.59 Å². The van der Waals surface area contributed by atoms with Crippen LogP contribution in [0.1, 0.15) is 20.8 Å². The topological polar surface area (TPSA) is 88.1 Å². The molecule has 0 amide bonds. The molecule has 0 spiro atoms. The maximum absolute atomic E-state index is 12.2. The molecule has 0 aliphatic carbocycles. The SMILES string of the molecule is C=C(C)C(=O)OCCOP(=O)(CC)OCCOC(=O)C(=C)C. The maximum Gasteiger partial charge on any atom is 0.333 e. The summed E-state index contributed by atoms with van der Waals surface area (Å²) in [5, 5.41) is 0. The van der Waals surface area contributed by atoms with Crippen LogP contribution >= 0.6 is 7.60 Å². The Kier molecular flexibility index (Phi) is 9.65. The molecule has 0 heterocycles. The number of carbonyl (C=O) groups is 2. The molecule has 0 rings (SSSR count). The van der Waals surface area contributed by atoms with E-state index >= 15 is 0 Å². The van der Waals surface area contributed by atoms with Crippen LogP contribution in [0.3, 0.4) is 0 Å². The largest absolute Gasteiger partial charge is 0.460 e. The highest BCUT2D eigenvalue weighted by Crippen LogP contribution is 2.47. The van der Waals surface area contributed by atoms with Crippen LogP contribution in [0.15, 0.2) is 24.3 Å². The summed E-state index contributed by atoms with van der Waals surface area (Å²) in [5.41, 5.74) is 0.545. The summed E-state index contributed by atoms with van der Waals surface area (Å²) >= 11 is 0. The Morgan fingerprint density at radius 1 is 0.864 bits per heavy atom. The first-order valence-electron chi connectivity index (χ1n) is 6.75. The first kappa shape index (κ1) is 20.6. The fourth-order valence-electron chi connectivity index (χ4n) is 1.09. The molecule has 0 aliphatic heterocycles. The van der Waals surface area contributed by atoms with Gasteiger partial charge in [0, 0.05) is 17.3 Å². The van der Waals surface area contributed by atoms with Crippen molar-refractivity contribution in [3.8, 4) is 0 Å². The van der Waals surface area contributed by atoms with Crippen LogP contribution < -0.4 is 0 Å². The van der Waals surface area contributed by atoms with E-state index in [-0.39, 0.29) is 43.7 Å². The zero-order chi connectivity index (χ0) is 17.2. The van der Waals surface area contributed by atoms with Gasteiger partial charge >= 0.3 is 19.5 Å². The highest BCUT2D eigenvalue weighted by molar-refractivity contribution is 7.53. The van der Waals surface area contributed by atoms with E-state index in [1.165, 1.54) is 13.8 Å². The molecule has 7 nitrogen and oxygen atoms in total. The second-order valence-corrected chi connectivity index (χ2v) is 6.80. The normalized spacial score (nSPS) is 10.9. The summed E-state index contributed by atoms with van der Waals surface area (Å²) in [6.07, 6.45) is 0.149. The van der Waals surface area contributed by atoms with E-state index in [0.29, 0.717) is 0 Å². The van der Waals surface area contributed by atoms with Crippen LogP contribution in [-0.4, -0.2) is 44.5 Å². The third-order valence-electron chi connectivity index (χ3n) is 2.29. The molecular weight excluding hydrogens is 311 g/mol. The van der Waals surface area contributed by atoms with Crippen LogP contribution in [0.5, 0.6) is 0 Å². The van der Waals surface area contributed by atoms with Gasteiger partial charge in [-0.15, -0.1) is 0 Å². The molecule has 0 saturated carbocycles. The third kappa shape index (κ3) is 8.77. The number of esters is 2. The molecule has 0 radical (unpaired) electrons. The molecular formula is C14H23O7P. The molecule has 0 N–H and O–H groups in total. The minimum atomic E-state index is -3.30. The molecule has 0 aromatic carbocycles. The zero-order valence-electron chi connectivity index (χ0n) is 13.3.